The van der Waals surface area contributed by atoms with E-state index in [4.69, 9.17) is 23.2 Å². The Morgan fingerprint density at radius 3 is 2.29 bits per heavy atom. The highest BCUT2D eigenvalue weighted by atomic mass is 35.5. The van der Waals surface area contributed by atoms with Crippen LogP contribution < -0.4 is 10.0 Å². The van der Waals surface area contributed by atoms with Gasteiger partial charge in [-0.25, -0.2) is 8.42 Å². The average molecular weight is 435 g/mol. The van der Waals surface area contributed by atoms with Crippen LogP contribution in [0.3, 0.4) is 0 Å². The monoisotopic (exact) mass is 434 g/mol. The summed E-state index contributed by atoms with van der Waals surface area (Å²) in [4.78, 5) is 12.5. The van der Waals surface area contributed by atoms with Crippen LogP contribution in [0.25, 0.3) is 0 Å². The number of carbonyl (C=O) groups excluding carboxylic acids is 1. The van der Waals surface area contributed by atoms with E-state index >= 15 is 0 Å². The van der Waals surface area contributed by atoms with Crippen molar-refractivity contribution in [3.63, 3.8) is 0 Å². The minimum atomic E-state index is -3.85. The maximum Gasteiger partial charge on any atom is 0.261 e. The molecule has 0 aliphatic heterocycles. The van der Waals surface area contributed by atoms with E-state index in [1.165, 1.54) is 18.2 Å². The van der Waals surface area contributed by atoms with Crippen LogP contribution in [0.1, 0.15) is 15.9 Å². The van der Waals surface area contributed by atoms with Crippen molar-refractivity contribution in [3.05, 3.63) is 87.9 Å². The van der Waals surface area contributed by atoms with E-state index in [2.05, 4.69) is 10.0 Å². The second kappa shape index (κ2) is 8.22. The molecule has 0 saturated carbocycles. The van der Waals surface area contributed by atoms with Crippen molar-refractivity contribution in [3.8, 4) is 0 Å². The van der Waals surface area contributed by atoms with Gasteiger partial charge < -0.3 is 5.32 Å². The molecule has 1 amide bonds. The van der Waals surface area contributed by atoms with Crippen molar-refractivity contribution >= 4 is 50.5 Å². The summed E-state index contributed by atoms with van der Waals surface area (Å²) in [6, 6.07) is 17.3. The van der Waals surface area contributed by atoms with E-state index in [-0.39, 0.29) is 10.8 Å². The lowest BCUT2D eigenvalue weighted by Gasteiger charge is -2.13. The number of aryl methyl sites for hydroxylation is 1. The quantitative estimate of drug-likeness (QED) is 0.567. The Bertz CT molecular complexity index is 1130. The van der Waals surface area contributed by atoms with Crippen molar-refractivity contribution in [2.75, 3.05) is 10.0 Å². The lowest BCUT2D eigenvalue weighted by Crippen LogP contribution is -2.16. The minimum Gasteiger partial charge on any atom is -0.322 e. The average Bonchev–Trinajstić information content (AvgIpc) is 2.63. The molecule has 3 rings (SSSR count). The predicted molar refractivity (Wildman–Crippen MR) is 113 cm³/mol. The van der Waals surface area contributed by atoms with Gasteiger partial charge in [-0.2, -0.15) is 0 Å². The van der Waals surface area contributed by atoms with Crippen molar-refractivity contribution in [2.24, 2.45) is 0 Å². The molecule has 0 fully saturated rings. The van der Waals surface area contributed by atoms with Crippen LogP contribution in [0.4, 0.5) is 11.4 Å². The van der Waals surface area contributed by atoms with Gasteiger partial charge in [0.05, 0.1) is 10.6 Å². The number of hydrogen-bond acceptors (Lipinski definition) is 3. The highest BCUT2D eigenvalue weighted by Gasteiger charge is 2.17. The molecular formula is C20H16Cl2N2O3S. The van der Waals surface area contributed by atoms with Crippen LogP contribution in [0.15, 0.2) is 71.6 Å². The van der Waals surface area contributed by atoms with Crippen molar-refractivity contribution in [1.82, 2.24) is 0 Å². The summed E-state index contributed by atoms with van der Waals surface area (Å²) in [5.74, 6) is -0.364. The number of amides is 1. The SMILES string of the molecule is Cc1ccc(S(=O)(=O)Nc2cccc(Cl)c2)cc1NC(=O)c1ccc(Cl)cc1. The van der Waals surface area contributed by atoms with Gasteiger partial charge in [0.25, 0.3) is 15.9 Å². The molecule has 144 valence electrons. The van der Waals surface area contributed by atoms with Gasteiger partial charge >= 0.3 is 0 Å². The molecule has 0 spiro atoms. The number of benzene rings is 3. The Balaban J connectivity index is 1.86. The molecule has 0 aliphatic rings. The van der Waals surface area contributed by atoms with E-state index in [9.17, 15) is 13.2 Å². The zero-order valence-electron chi connectivity index (χ0n) is 14.7. The lowest BCUT2D eigenvalue weighted by molar-refractivity contribution is 0.102. The summed E-state index contributed by atoms with van der Waals surface area (Å²) in [5, 5.41) is 3.67. The van der Waals surface area contributed by atoms with Crippen molar-refractivity contribution < 1.29 is 13.2 Å². The summed E-state index contributed by atoms with van der Waals surface area (Å²) >= 11 is 11.7. The van der Waals surface area contributed by atoms with Gasteiger partial charge in [-0.3, -0.25) is 9.52 Å². The molecule has 3 aromatic rings. The summed E-state index contributed by atoms with van der Waals surface area (Å²) in [7, 11) is -3.85. The highest BCUT2D eigenvalue weighted by Crippen LogP contribution is 2.24. The van der Waals surface area contributed by atoms with E-state index in [1.54, 1.807) is 55.5 Å². The predicted octanol–water partition coefficient (Wildman–Crippen LogP) is 5.35. The highest BCUT2D eigenvalue weighted by molar-refractivity contribution is 7.92. The molecule has 0 bridgehead atoms. The third-order valence-electron chi connectivity index (χ3n) is 3.95. The molecule has 0 aliphatic carbocycles. The van der Waals surface area contributed by atoms with Gasteiger partial charge in [-0.05, 0) is 67.1 Å². The Kier molecular flexibility index (Phi) is 5.93. The second-order valence-corrected chi connectivity index (χ2v) is 8.61. The first-order valence-corrected chi connectivity index (χ1v) is 10.4. The van der Waals surface area contributed by atoms with E-state index in [0.717, 1.165) is 5.56 Å². The fraction of sp³-hybridized carbons (Fsp3) is 0.0500. The minimum absolute atomic E-state index is 0.0180. The second-order valence-electron chi connectivity index (χ2n) is 6.05. The topological polar surface area (TPSA) is 75.3 Å². The maximum absolute atomic E-state index is 12.7. The van der Waals surface area contributed by atoms with E-state index in [1.807, 2.05) is 0 Å². The summed E-state index contributed by atoms with van der Waals surface area (Å²) in [5.41, 5.74) is 1.88. The van der Waals surface area contributed by atoms with Gasteiger partial charge in [0.15, 0.2) is 0 Å². The van der Waals surface area contributed by atoms with Crippen LogP contribution in [0.2, 0.25) is 10.0 Å². The third kappa shape index (κ3) is 4.84. The zero-order valence-corrected chi connectivity index (χ0v) is 17.1. The molecule has 8 heteroatoms. The Labute approximate surface area is 173 Å². The molecule has 2 N–H and O–H groups in total. The normalized spacial score (nSPS) is 11.1. The van der Waals surface area contributed by atoms with Crippen LogP contribution in [-0.4, -0.2) is 14.3 Å². The van der Waals surface area contributed by atoms with Crippen LogP contribution in [-0.2, 0) is 10.0 Å². The van der Waals surface area contributed by atoms with Gasteiger partial charge in [0.2, 0.25) is 0 Å². The van der Waals surface area contributed by atoms with Gasteiger partial charge in [-0.1, -0.05) is 35.3 Å². The van der Waals surface area contributed by atoms with Gasteiger partial charge in [0.1, 0.15) is 0 Å². The largest absolute Gasteiger partial charge is 0.322 e. The number of rotatable bonds is 5. The number of nitrogens with one attached hydrogen (secondary N) is 2. The molecular weight excluding hydrogens is 419 g/mol. The zero-order chi connectivity index (χ0) is 20.3. The van der Waals surface area contributed by atoms with Gasteiger partial charge in [0, 0.05) is 21.3 Å². The first-order chi connectivity index (χ1) is 13.2. The molecule has 0 aromatic heterocycles. The van der Waals surface area contributed by atoms with Crippen molar-refractivity contribution in [2.45, 2.75) is 11.8 Å². The molecule has 0 unspecified atom stereocenters. The molecule has 0 heterocycles. The molecule has 3 aromatic carbocycles. The third-order valence-corrected chi connectivity index (χ3v) is 5.82. The molecule has 0 radical (unpaired) electrons. The number of carbonyl (C=O) groups is 1. The number of anilines is 2. The number of hydrogen-bond donors (Lipinski definition) is 2. The summed E-state index contributed by atoms with van der Waals surface area (Å²) in [6.45, 7) is 1.78. The molecule has 0 saturated heterocycles. The van der Waals surface area contributed by atoms with E-state index < -0.39 is 10.0 Å². The fourth-order valence-corrected chi connectivity index (χ4v) is 3.86. The lowest BCUT2D eigenvalue weighted by atomic mass is 10.1. The van der Waals surface area contributed by atoms with Crippen LogP contribution in [0.5, 0.6) is 0 Å². The first kappa shape index (κ1) is 20.2. The Hall–Kier alpha value is -2.54. The number of sulfonamides is 1. The standard InChI is InChI=1S/C20H16Cl2N2O3S/c1-13-5-10-18(28(26,27)24-17-4-2-3-16(22)11-17)12-19(13)23-20(25)14-6-8-15(21)9-7-14/h2-12,24H,1H3,(H,23,25). The molecule has 28 heavy (non-hydrogen) atoms. The maximum atomic E-state index is 12.7. The molecule has 5 nitrogen and oxygen atoms in total. The van der Waals surface area contributed by atoms with Crippen molar-refractivity contribution in [1.29, 1.82) is 0 Å². The van der Waals surface area contributed by atoms with Crippen LogP contribution >= 0.6 is 23.2 Å². The Morgan fingerprint density at radius 1 is 0.893 bits per heavy atom. The number of halogens is 2. The summed E-state index contributed by atoms with van der Waals surface area (Å²) in [6.07, 6.45) is 0. The first-order valence-electron chi connectivity index (χ1n) is 8.20. The summed E-state index contributed by atoms with van der Waals surface area (Å²) < 4.78 is 27.8. The Morgan fingerprint density at radius 2 is 1.61 bits per heavy atom. The van der Waals surface area contributed by atoms with Gasteiger partial charge in [-0.15, -0.1) is 0 Å². The molecule has 0 atom stereocenters. The smallest absolute Gasteiger partial charge is 0.261 e. The van der Waals surface area contributed by atoms with E-state index in [0.29, 0.717) is 27.0 Å². The fourth-order valence-electron chi connectivity index (χ4n) is 2.46. The van der Waals surface area contributed by atoms with Crippen LogP contribution in [0, 0.1) is 6.92 Å².